The van der Waals surface area contributed by atoms with Crippen LogP contribution in [0.25, 0.3) is 0 Å². The van der Waals surface area contributed by atoms with Crippen molar-refractivity contribution in [3.05, 3.63) is 35.4 Å². The lowest BCUT2D eigenvalue weighted by molar-refractivity contribution is -0.120. The average molecular weight is 239 g/mol. The largest absolute Gasteiger partial charge is 0.340 e. The van der Waals surface area contributed by atoms with Gasteiger partial charge < -0.3 is 5.32 Å². The monoisotopic (exact) mass is 239 g/mol. The first-order chi connectivity index (χ1) is 8.11. The molecule has 1 heterocycles. The number of alkyl halides is 2. The molecule has 0 aliphatic carbocycles. The number of hydrogen-bond donors (Lipinski definition) is 2. The Bertz CT molecular complexity index is 456. The maximum Gasteiger partial charge on any atom is 0.263 e. The van der Waals surface area contributed by atoms with Gasteiger partial charge >= 0.3 is 0 Å². The van der Waals surface area contributed by atoms with Crippen molar-refractivity contribution in [2.24, 2.45) is 4.99 Å². The average Bonchev–Trinajstić information content (AvgIpc) is 2.71. The van der Waals surface area contributed by atoms with Gasteiger partial charge in [0.1, 0.15) is 6.04 Å². The van der Waals surface area contributed by atoms with Crippen molar-refractivity contribution < 1.29 is 13.6 Å². The first-order valence-corrected chi connectivity index (χ1v) is 5.04. The zero-order valence-electron chi connectivity index (χ0n) is 9.08. The van der Waals surface area contributed by atoms with Gasteiger partial charge in [0.2, 0.25) is 0 Å². The van der Waals surface area contributed by atoms with Crippen LogP contribution in [0.2, 0.25) is 0 Å². The number of guanidine groups is 1. The van der Waals surface area contributed by atoms with Crippen molar-refractivity contribution in [3.63, 3.8) is 0 Å². The van der Waals surface area contributed by atoms with Crippen LogP contribution in [0.4, 0.5) is 8.78 Å². The van der Waals surface area contributed by atoms with Gasteiger partial charge in [0, 0.05) is 12.6 Å². The molecule has 17 heavy (non-hydrogen) atoms. The number of nitrogens with one attached hydrogen (secondary N) is 2. The van der Waals surface area contributed by atoms with Crippen molar-refractivity contribution >= 4 is 11.9 Å². The number of carbonyl (C=O) groups excluding carboxylic acids is 1. The molecule has 1 fully saturated rings. The Kier molecular flexibility index (Phi) is 3.03. The summed E-state index contributed by atoms with van der Waals surface area (Å²) in [5, 5.41) is 5.40. The minimum absolute atomic E-state index is 0.0588. The van der Waals surface area contributed by atoms with Gasteiger partial charge in [-0.15, -0.1) is 0 Å². The van der Waals surface area contributed by atoms with Crippen LogP contribution in [0.5, 0.6) is 0 Å². The number of carbonyl (C=O) groups is 1. The Morgan fingerprint density at radius 3 is 2.41 bits per heavy atom. The minimum atomic E-state index is -2.50. The molecule has 1 aromatic rings. The van der Waals surface area contributed by atoms with Gasteiger partial charge in [-0.05, 0) is 5.56 Å². The summed E-state index contributed by atoms with van der Waals surface area (Å²) >= 11 is 0. The van der Waals surface area contributed by atoms with Crippen LogP contribution in [-0.4, -0.2) is 18.9 Å². The van der Waals surface area contributed by atoms with E-state index in [2.05, 4.69) is 15.6 Å². The lowest BCUT2D eigenvalue weighted by Gasteiger charge is -2.08. The topological polar surface area (TPSA) is 53.5 Å². The van der Waals surface area contributed by atoms with E-state index in [9.17, 15) is 13.6 Å². The summed E-state index contributed by atoms with van der Waals surface area (Å²) in [7, 11) is 1.55. The van der Waals surface area contributed by atoms with E-state index in [4.69, 9.17) is 0 Å². The third kappa shape index (κ3) is 2.25. The summed E-state index contributed by atoms with van der Waals surface area (Å²) in [6.45, 7) is 0. The molecule has 1 amide bonds. The van der Waals surface area contributed by atoms with E-state index >= 15 is 0 Å². The van der Waals surface area contributed by atoms with Gasteiger partial charge in [-0.1, -0.05) is 24.3 Å². The molecule has 1 aliphatic rings. The summed E-state index contributed by atoms with van der Waals surface area (Å²) in [5.41, 5.74) is 0.571. The normalized spacial score (nSPS) is 21.8. The smallest absolute Gasteiger partial charge is 0.263 e. The molecule has 2 N–H and O–H groups in total. The Labute approximate surface area is 96.7 Å². The summed E-state index contributed by atoms with van der Waals surface area (Å²) < 4.78 is 24.7. The van der Waals surface area contributed by atoms with Crippen molar-refractivity contribution in [1.82, 2.24) is 10.6 Å². The highest BCUT2D eigenvalue weighted by atomic mass is 19.3. The Hall–Kier alpha value is -1.98. The Morgan fingerprint density at radius 1 is 1.29 bits per heavy atom. The fourth-order valence-corrected chi connectivity index (χ4v) is 1.62. The van der Waals surface area contributed by atoms with Gasteiger partial charge in [-0.3, -0.25) is 15.1 Å². The van der Waals surface area contributed by atoms with Crippen LogP contribution in [0.3, 0.4) is 0 Å². The fourth-order valence-electron chi connectivity index (χ4n) is 1.62. The van der Waals surface area contributed by atoms with E-state index in [1.54, 1.807) is 7.05 Å². The van der Waals surface area contributed by atoms with E-state index in [-0.39, 0.29) is 11.5 Å². The summed E-state index contributed by atoms with van der Waals surface area (Å²) in [5.74, 6) is 0.147. The highest BCUT2D eigenvalue weighted by molar-refractivity contribution is 6.06. The highest BCUT2D eigenvalue weighted by Crippen LogP contribution is 2.22. The van der Waals surface area contributed by atoms with Gasteiger partial charge in [-0.25, -0.2) is 8.78 Å². The van der Waals surface area contributed by atoms with Crippen molar-refractivity contribution in [3.8, 4) is 0 Å². The molecule has 1 aromatic carbocycles. The molecule has 0 spiro atoms. The first kappa shape index (κ1) is 11.5. The van der Waals surface area contributed by atoms with Gasteiger partial charge in [0.25, 0.3) is 12.3 Å². The molecular weight excluding hydrogens is 228 g/mol. The highest BCUT2D eigenvalue weighted by Gasteiger charge is 2.29. The maximum atomic E-state index is 12.4. The molecule has 2 rings (SSSR count). The fraction of sp³-hybridized carbons (Fsp3) is 0.273. The number of amides is 1. The van der Waals surface area contributed by atoms with Crippen molar-refractivity contribution in [1.29, 1.82) is 0 Å². The minimum Gasteiger partial charge on any atom is -0.340 e. The lowest BCUT2D eigenvalue weighted by atomic mass is 10.1. The second-order valence-electron chi connectivity index (χ2n) is 3.61. The van der Waals surface area contributed by atoms with Crippen LogP contribution < -0.4 is 10.6 Å². The molecule has 0 radical (unpaired) electrons. The van der Waals surface area contributed by atoms with Crippen LogP contribution >= 0.6 is 0 Å². The predicted octanol–water partition coefficient (Wildman–Crippen LogP) is 1.37. The molecular formula is C11H11F2N3O. The zero-order valence-corrected chi connectivity index (χ0v) is 9.08. The lowest BCUT2D eigenvalue weighted by Crippen LogP contribution is -2.24. The van der Waals surface area contributed by atoms with Gasteiger partial charge in [0.05, 0.1) is 0 Å². The summed E-state index contributed by atoms with van der Waals surface area (Å²) in [4.78, 5) is 15.4. The Morgan fingerprint density at radius 2 is 1.94 bits per heavy atom. The molecule has 6 heteroatoms. The number of rotatable bonds is 2. The van der Waals surface area contributed by atoms with Crippen LogP contribution in [0.1, 0.15) is 23.6 Å². The number of aliphatic imine (C=N–C) groups is 1. The maximum absolute atomic E-state index is 12.4. The molecule has 90 valence electrons. The van der Waals surface area contributed by atoms with Crippen LogP contribution in [0.15, 0.2) is 29.3 Å². The van der Waals surface area contributed by atoms with Crippen LogP contribution in [0, 0.1) is 0 Å². The summed E-state index contributed by atoms with van der Waals surface area (Å²) in [6.07, 6.45) is -2.50. The second kappa shape index (κ2) is 4.48. The quantitative estimate of drug-likeness (QED) is 0.819. The van der Waals surface area contributed by atoms with E-state index < -0.39 is 12.5 Å². The third-order valence-electron chi connectivity index (χ3n) is 2.53. The predicted molar refractivity (Wildman–Crippen MR) is 58.8 cm³/mol. The molecule has 1 unspecified atom stereocenters. The van der Waals surface area contributed by atoms with Crippen LogP contribution in [-0.2, 0) is 4.79 Å². The number of hydrogen-bond acceptors (Lipinski definition) is 2. The molecule has 4 nitrogen and oxygen atoms in total. The number of benzene rings is 1. The van der Waals surface area contributed by atoms with Crippen molar-refractivity contribution in [2.75, 3.05) is 7.05 Å². The first-order valence-electron chi connectivity index (χ1n) is 5.04. The van der Waals surface area contributed by atoms with Crippen molar-refractivity contribution in [2.45, 2.75) is 12.5 Å². The van der Waals surface area contributed by atoms with E-state index in [0.717, 1.165) is 0 Å². The summed E-state index contributed by atoms with van der Waals surface area (Å²) in [6, 6.07) is 5.08. The van der Waals surface area contributed by atoms with E-state index in [1.165, 1.54) is 24.3 Å². The zero-order chi connectivity index (χ0) is 12.4. The van der Waals surface area contributed by atoms with Gasteiger partial charge in [-0.2, -0.15) is 0 Å². The molecule has 0 aromatic heterocycles. The molecule has 1 atom stereocenters. The number of nitrogens with zero attached hydrogens (tertiary/aromatic N) is 1. The van der Waals surface area contributed by atoms with E-state index in [1.807, 2.05) is 0 Å². The Balaban J connectivity index is 2.21. The SMILES string of the molecule is CN=C1NC(=O)C(c2ccc(C(F)F)cc2)N1. The molecule has 1 aliphatic heterocycles. The second-order valence-corrected chi connectivity index (χ2v) is 3.61. The third-order valence-corrected chi connectivity index (χ3v) is 2.53. The standard InChI is InChI=1S/C11H11F2N3O/c1-14-11-15-8(10(17)16-11)6-2-4-7(5-3-6)9(12)13/h2-5,8-9H,1H3,(H2,14,15,16,17). The van der Waals surface area contributed by atoms with E-state index in [0.29, 0.717) is 11.5 Å². The van der Waals surface area contributed by atoms with Gasteiger partial charge in [0.15, 0.2) is 5.96 Å². The molecule has 0 saturated carbocycles. The molecule has 0 bridgehead atoms. The number of halogens is 2. The molecule has 1 saturated heterocycles.